The molecule has 3 N–H and O–H groups in total. The van der Waals surface area contributed by atoms with Crippen molar-refractivity contribution in [3.05, 3.63) is 30.0 Å². The number of carbonyl (C=O) groups is 6. The van der Waals surface area contributed by atoms with Gasteiger partial charge in [-0.25, -0.2) is 14.5 Å². The molecule has 3 atom stereocenters. The molecule has 1 aromatic carbocycles. The van der Waals surface area contributed by atoms with E-state index < -0.39 is 60.4 Å². The van der Waals surface area contributed by atoms with E-state index in [0.717, 1.165) is 19.1 Å². The van der Waals surface area contributed by atoms with E-state index in [1.165, 1.54) is 7.11 Å². The molecule has 14 nitrogen and oxygen atoms in total. The zero-order valence-electron chi connectivity index (χ0n) is 24.2. The van der Waals surface area contributed by atoms with Gasteiger partial charge in [-0.15, -0.1) is 0 Å². The summed E-state index contributed by atoms with van der Waals surface area (Å²) in [6.07, 6.45) is -1.61. The Kier molecular flexibility index (Phi) is 10.9. The summed E-state index contributed by atoms with van der Waals surface area (Å²) in [6.45, 7) is 3.10. The summed E-state index contributed by atoms with van der Waals surface area (Å²) in [5.74, 6) is -2.70. The number of aromatic nitrogens is 1. The monoisotopic (exact) mass is 588 g/mol. The zero-order valence-corrected chi connectivity index (χ0v) is 24.2. The van der Waals surface area contributed by atoms with Crippen molar-refractivity contribution in [2.24, 2.45) is 11.8 Å². The molecule has 3 rings (SSSR count). The predicted octanol–water partition coefficient (Wildman–Crippen LogP) is 2.16. The van der Waals surface area contributed by atoms with E-state index in [0.29, 0.717) is 16.7 Å². The van der Waals surface area contributed by atoms with Crippen LogP contribution in [0.2, 0.25) is 0 Å². The van der Waals surface area contributed by atoms with Crippen molar-refractivity contribution in [3.8, 4) is 5.75 Å². The number of hydrogen-bond acceptors (Lipinski definition) is 10. The van der Waals surface area contributed by atoms with Crippen molar-refractivity contribution in [2.75, 3.05) is 34.5 Å². The van der Waals surface area contributed by atoms with E-state index in [1.54, 1.807) is 24.3 Å². The van der Waals surface area contributed by atoms with Crippen molar-refractivity contribution in [2.45, 2.75) is 45.2 Å². The summed E-state index contributed by atoms with van der Waals surface area (Å²) in [5.41, 5.74) is 0.873. The molecule has 0 bridgehead atoms. The molecular weight excluding hydrogens is 552 g/mol. The molecule has 1 aliphatic heterocycles. The van der Waals surface area contributed by atoms with Gasteiger partial charge in [0.15, 0.2) is 12.4 Å². The standard InChI is InChI=1S/C28H36N4O10/c1-15(2)11-20(31-25(35)21-13-17-18(29-21)7-6-8-23(17)39-3)24(34)30-19(22(33)14-42-28(38)41-5)12-16-9-10-32(26(16)36)27(37)40-4/h6-8,13,15-16,19-20,29H,9-12,14H2,1-5H3,(H,30,34)(H,31,35)/t16-,19-,20-/m0/s1. The summed E-state index contributed by atoms with van der Waals surface area (Å²) in [6, 6.07) is 4.61. The Morgan fingerprint density at radius 2 is 1.79 bits per heavy atom. The minimum absolute atomic E-state index is 0.0225. The van der Waals surface area contributed by atoms with Crippen LogP contribution in [0.15, 0.2) is 24.3 Å². The zero-order chi connectivity index (χ0) is 31.0. The Morgan fingerprint density at radius 1 is 1.05 bits per heavy atom. The highest BCUT2D eigenvalue weighted by Gasteiger charge is 2.39. The lowest BCUT2D eigenvalue weighted by Gasteiger charge is -2.25. The molecule has 4 amide bonds. The van der Waals surface area contributed by atoms with Gasteiger partial charge in [0.1, 0.15) is 17.5 Å². The van der Waals surface area contributed by atoms with Gasteiger partial charge in [-0.05, 0) is 43.4 Å². The van der Waals surface area contributed by atoms with Gasteiger partial charge in [-0.3, -0.25) is 19.2 Å². The fraction of sp³-hybridized carbons (Fsp3) is 0.500. The number of nitrogens with one attached hydrogen (secondary N) is 3. The number of hydrogen-bond donors (Lipinski definition) is 3. The Bertz CT molecular complexity index is 1340. The third-order valence-electron chi connectivity index (χ3n) is 6.85. The third-order valence-corrected chi connectivity index (χ3v) is 6.85. The van der Waals surface area contributed by atoms with Crippen LogP contribution >= 0.6 is 0 Å². The number of benzene rings is 1. The van der Waals surface area contributed by atoms with E-state index in [1.807, 2.05) is 13.8 Å². The number of amides is 4. The number of rotatable bonds is 12. The summed E-state index contributed by atoms with van der Waals surface area (Å²) in [7, 11) is 3.74. The lowest BCUT2D eigenvalue weighted by molar-refractivity contribution is -0.133. The SMILES string of the molecule is COC(=O)OCC(=O)[C@H](C[C@@H]1CCN(C(=O)OC)C1=O)NC(=O)[C@H](CC(C)C)NC(=O)c1cc2c(OC)cccc2[nH]1. The topological polar surface area (TPSA) is 182 Å². The van der Waals surface area contributed by atoms with E-state index in [2.05, 4.69) is 25.1 Å². The maximum atomic E-state index is 13.5. The van der Waals surface area contributed by atoms with Gasteiger partial charge in [-0.2, -0.15) is 0 Å². The minimum atomic E-state index is -1.27. The number of H-pyrrole nitrogens is 1. The van der Waals surface area contributed by atoms with Gasteiger partial charge >= 0.3 is 12.2 Å². The van der Waals surface area contributed by atoms with Gasteiger partial charge in [0.2, 0.25) is 11.8 Å². The summed E-state index contributed by atoms with van der Waals surface area (Å²) in [4.78, 5) is 79.8. The number of nitrogens with zero attached hydrogens (tertiary/aromatic N) is 1. The highest BCUT2D eigenvalue weighted by atomic mass is 16.7. The lowest BCUT2D eigenvalue weighted by atomic mass is 9.95. The fourth-order valence-corrected chi connectivity index (χ4v) is 4.73. The van der Waals surface area contributed by atoms with Crippen LogP contribution in [0.3, 0.4) is 0 Å². The number of ketones is 1. The largest absolute Gasteiger partial charge is 0.508 e. The maximum Gasteiger partial charge on any atom is 0.508 e. The van der Waals surface area contributed by atoms with Gasteiger partial charge in [0.05, 0.1) is 27.4 Å². The molecule has 1 fully saturated rings. The van der Waals surface area contributed by atoms with Crippen molar-refractivity contribution in [3.63, 3.8) is 0 Å². The lowest BCUT2D eigenvalue weighted by Crippen LogP contribution is -2.53. The first-order valence-electron chi connectivity index (χ1n) is 13.4. The van der Waals surface area contributed by atoms with Crippen LogP contribution in [0.4, 0.5) is 9.59 Å². The number of carbonyl (C=O) groups excluding carboxylic acids is 6. The fourth-order valence-electron chi connectivity index (χ4n) is 4.73. The first-order valence-corrected chi connectivity index (χ1v) is 13.4. The quantitative estimate of drug-likeness (QED) is 0.311. The Labute approximate surface area is 242 Å². The van der Waals surface area contributed by atoms with Gasteiger partial charge in [0.25, 0.3) is 5.91 Å². The highest BCUT2D eigenvalue weighted by molar-refractivity contribution is 6.02. The van der Waals surface area contributed by atoms with Crippen LogP contribution in [-0.2, 0) is 28.6 Å². The average molecular weight is 589 g/mol. The van der Waals surface area contributed by atoms with E-state index in [-0.39, 0.29) is 37.4 Å². The van der Waals surface area contributed by atoms with E-state index in [9.17, 15) is 28.8 Å². The Morgan fingerprint density at radius 3 is 2.43 bits per heavy atom. The maximum absolute atomic E-state index is 13.5. The van der Waals surface area contributed by atoms with Crippen LogP contribution in [-0.4, -0.2) is 92.2 Å². The van der Waals surface area contributed by atoms with E-state index >= 15 is 0 Å². The number of methoxy groups -OCH3 is 3. The third kappa shape index (κ3) is 7.77. The van der Waals surface area contributed by atoms with Gasteiger partial charge in [-0.1, -0.05) is 19.9 Å². The Balaban J connectivity index is 1.79. The average Bonchev–Trinajstić information content (AvgIpc) is 3.57. The number of aromatic amines is 1. The van der Waals surface area contributed by atoms with Crippen molar-refractivity contribution in [1.29, 1.82) is 0 Å². The normalized spacial score (nSPS) is 16.1. The van der Waals surface area contributed by atoms with Crippen LogP contribution < -0.4 is 15.4 Å². The molecule has 14 heteroatoms. The second kappa shape index (κ2) is 14.3. The molecule has 0 aliphatic carbocycles. The van der Waals surface area contributed by atoms with Gasteiger partial charge < -0.3 is 34.6 Å². The van der Waals surface area contributed by atoms with Crippen molar-refractivity contribution < 1.29 is 47.7 Å². The smallest absolute Gasteiger partial charge is 0.496 e. The van der Waals surface area contributed by atoms with Crippen LogP contribution in [0.1, 0.15) is 43.6 Å². The molecule has 42 heavy (non-hydrogen) atoms. The second-order valence-corrected chi connectivity index (χ2v) is 10.2. The number of ether oxygens (including phenoxy) is 4. The molecule has 0 radical (unpaired) electrons. The molecule has 1 aliphatic rings. The highest BCUT2D eigenvalue weighted by Crippen LogP contribution is 2.26. The van der Waals surface area contributed by atoms with E-state index in [4.69, 9.17) is 9.47 Å². The number of likely N-dealkylation sites (tertiary alicyclic amines) is 1. The first-order chi connectivity index (χ1) is 20.0. The second-order valence-electron chi connectivity index (χ2n) is 10.2. The Hall–Kier alpha value is -4.62. The molecule has 2 heterocycles. The summed E-state index contributed by atoms with van der Waals surface area (Å²) in [5, 5.41) is 6.03. The molecule has 2 aromatic rings. The number of fused-ring (bicyclic) bond motifs is 1. The molecular formula is C28H36N4O10. The first kappa shape index (κ1) is 31.9. The molecule has 0 spiro atoms. The van der Waals surface area contributed by atoms with Crippen molar-refractivity contribution >= 4 is 46.7 Å². The minimum Gasteiger partial charge on any atom is -0.496 e. The molecule has 1 aromatic heterocycles. The predicted molar refractivity (Wildman–Crippen MR) is 148 cm³/mol. The van der Waals surface area contributed by atoms with Crippen LogP contribution in [0.5, 0.6) is 5.75 Å². The molecule has 0 saturated carbocycles. The van der Waals surface area contributed by atoms with Crippen molar-refractivity contribution in [1.82, 2.24) is 20.5 Å². The number of Topliss-reactive ketones (excluding diaryl/α,β-unsaturated/α-hetero) is 1. The summed E-state index contributed by atoms with van der Waals surface area (Å²) >= 11 is 0. The van der Waals surface area contributed by atoms with Gasteiger partial charge in [0, 0.05) is 23.4 Å². The molecule has 228 valence electrons. The molecule has 0 unspecified atom stereocenters. The summed E-state index contributed by atoms with van der Waals surface area (Å²) < 4.78 is 19.1. The number of imide groups is 1. The van der Waals surface area contributed by atoms with Crippen LogP contribution in [0, 0.1) is 11.8 Å². The molecule has 1 saturated heterocycles. The van der Waals surface area contributed by atoms with Crippen LogP contribution in [0.25, 0.3) is 10.9 Å².